The lowest BCUT2D eigenvalue weighted by atomic mass is 10.0. The van der Waals surface area contributed by atoms with Crippen molar-refractivity contribution in [1.29, 1.82) is 0 Å². The normalized spacial score (nSPS) is 10.5. The van der Waals surface area contributed by atoms with Crippen molar-refractivity contribution in [2.75, 3.05) is 7.11 Å². The summed E-state index contributed by atoms with van der Waals surface area (Å²) in [4.78, 5) is 12.2. The average Bonchev–Trinajstić information content (AvgIpc) is 2.42. The highest BCUT2D eigenvalue weighted by molar-refractivity contribution is 9.10. The van der Waals surface area contributed by atoms with Gasteiger partial charge in [-0.15, -0.1) is 0 Å². The van der Waals surface area contributed by atoms with Gasteiger partial charge in [0, 0.05) is 32.9 Å². The molecule has 2 aromatic carbocycles. The highest BCUT2D eigenvalue weighted by atomic mass is 79.9. The van der Waals surface area contributed by atoms with Crippen LogP contribution in [-0.4, -0.2) is 12.9 Å². The second-order valence-electron chi connectivity index (χ2n) is 4.58. The zero-order chi connectivity index (χ0) is 15.4. The molecule has 0 spiro atoms. The van der Waals surface area contributed by atoms with Crippen molar-refractivity contribution < 1.29 is 9.53 Å². The molecule has 0 bridgehead atoms. The molecule has 2 rings (SSSR count). The second kappa shape index (κ2) is 7.30. The molecule has 0 aliphatic rings. The van der Waals surface area contributed by atoms with Crippen LogP contribution in [0.2, 0.25) is 10.0 Å². The molecular weight excluding hydrogens is 375 g/mol. The van der Waals surface area contributed by atoms with Crippen molar-refractivity contribution >= 4 is 44.9 Å². The first-order valence-electron chi connectivity index (χ1n) is 6.27. The minimum absolute atomic E-state index is 0.0654. The Morgan fingerprint density at radius 3 is 2.48 bits per heavy atom. The van der Waals surface area contributed by atoms with E-state index in [1.54, 1.807) is 25.3 Å². The number of hydrogen-bond acceptors (Lipinski definition) is 2. The highest BCUT2D eigenvalue weighted by Crippen LogP contribution is 2.25. The smallest absolute Gasteiger partial charge is 0.141 e. The standard InChI is InChI=1S/C16H13BrCl2O2/c1-21-16-5-3-12(17)6-11(16)8-14(20)7-10-2-4-13(18)9-15(10)19/h2-6,9H,7-8H2,1H3. The first kappa shape index (κ1) is 16.3. The van der Waals surface area contributed by atoms with Gasteiger partial charge in [0.1, 0.15) is 11.5 Å². The van der Waals surface area contributed by atoms with Crippen LogP contribution >= 0.6 is 39.1 Å². The highest BCUT2D eigenvalue weighted by Gasteiger charge is 2.12. The Hall–Kier alpha value is -1.03. The lowest BCUT2D eigenvalue weighted by Gasteiger charge is -2.09. The van der Waals surface area contributed by atoms with Gasteiger partial charge in [0.05, 0.1) is 7.11 Å². The predicted molar refractivity (Wildman–Crippen MR) is 89.6 cm³/mol. The average molecular weight is 388 g/mol. The number of benzene rings is 2. The molecule has 0 aliphatic heterocycles. The van der Waals surface area contributed by atoms with Crippen LogP contribution in [0.4, 0.5) is 0 Å². The Kier molecular flexibility index (Phi) is 5.68. The Balaban J connectivity index is 2.13. The van der Waals surface area contributed by atoms with Gasteiger partial charge in [-0.05, 0) is 35.9 Å². The van der Waals surface area contributed by atoms with Gasteiger partial charge in [-0.1, -0.05) is 45.2 Å². The summed E-state index contributed by atoms with van der Waals surface area (Å²) in [5.41, 5.74) is 1.63. The minimum atomic E-state index is 0.0654. The summed E-state index contributed by atoms with van der Waals surface area (Å²) in [6.45, 7) is 0. The predicted octanol–water partition coefficient (Wildman–Crippen LogP) is 5.12. The SMILES string of the molecule is COc1ccc(Br)cc1CC(=O)Cc1ccc(Cl)cc1Cl. The summed E-state index contributed by atoms with van der Waals surface area (Å²) < 4.78 is 6.19. The zero-order valence-corrected chi connectivity index (χ0v) is 14.4. The molecule has 5 heteroatoms. The van der Waals surface area contributed by atoms with E-state index in [1.807, 2.05) is 18.2 Å². The molecule has 0 amide bonds. The number of hydrogen-bond donors (Lipinski definition) is 0. The van der Waals surface area contributed by atoms with E-state index < -0.39 is 0 Å². The molecule has 0 heterocycles. The van der Waals surface area contributed by atoms with Crippen LogP contribution in [0, 0.1) is 0 Å². The van der Waals surface area contributed by atoms with Crippen LogP contribution in [0.1, 0.15) is 11.1 Å². The molecule has 0 unspecified atom stereocenters. The molecule has 0 N–H and O–H groups in total. The van der Waals surface area contributed by atoms with Gasteiger partial charge in [0.15, 0.2) is 0 Å². The molecule has 21 heavy (non-hydrogen) atoms. The molecule has 2 aromatic rings. The summed E-state index contributed by atoms with van der Waals surface area (Å²) in [6, 6.07) is 10.8. The fourth-order valence-electron chi connectivity index (χ4n) is 2.04. The van der Waals surface area contributed by atoms with Crippen molar-refractivity contribution in [2.45, 2.75) is 12.8 Å². The van der Waals surface area contributed by atoms with E-state index in [-0.39, 0.29) is 12.2 Å². The van der Waals surface area contributed by atoms with E-state index in [0.717, 1.165) is 15.6 Å². The second-order valence-corrected chi connectivity index (χ2v) is 6.34. The van der Waals surface area contributed by atoms with Gasteiger partial charge in [0.2, 0.25) is 0 Å². The first-order valence-corrected chi connectivity index (χ1v) is 7.82. The Labute approximate surface area is 142 Å². The maximum atomic E-state index is 12.2. The number of ether oxygens (including phenoxy) is 1. The van der Waals surface area contributed by atoms with Gasteiger partial charge in [-0.2, -0.15) is 0 Å². The molecule has 0 radical (unpaired) electrons. The lowest BCUT2D eigenvalue weighted by molar-refractivity contribution is -0.117. The molecule has 0 saturated heterocycles. The fourth-order valence-corrected chi connectivity index (χ4v) is 2.92. The Morgan fingerprint density at radius 1 is 1.10 bits per heavy atom. The number of ketones is 1. The van der Waals surface area contributed by atoms with Crippen molar-refractivity contribution in [1.82, 2.24) is 0 Å². The molecule has 2 nitrogen and oxygen atoms in total. The molecule has 0 fully saturated rings. The Bertz CT molecular complexity index is 671. The van der Waals surface area contributed by atoms with Gasteiger partial charge >= 0.3 is 0 Å². The zero-order valence-electron chi connectivity index (χ0n) is 11.3. The van der Waals surface area contributed by atoms with E-state index >= 15 is 0 Å². The molecule has 0 aromatic heterocycles. The van der Waals surface area contributed by atoms with Crippen molar-refractivity contribution in [3.05, 3.63) is 62.0 Å². The summed E-state index contributed by atoms with van der Waals surface area (Å²) >= 11 is 15.3. The number of halogens is 3. The Morgan fingerprint density at radius 2 is 1.81 bits per heavy atom. The number of methoxy groups -OCH3 is 1. The van der Waals surface area contributed by atoms with Gasteiger partial charge in [-0.25, -0.2) is 0 Å². The van der Waals surface area contributed by atoms with Gasteiger partial charge < -0.3 is 4.74 Å². The number of carbonyl (C=O) groups is 1. The topological polar surface area (TPSA) is 26.3 Å². The summed E-state index contributed by atoms with van der Waals surface area (Å²) in [5, 5.41) is 1.07. The van der Waals surface area contributed by atoms with Crippen LogP contribution < -0.4 is 4.74 Å². The van der Waals surface area contributed by atoms with Crippen LogP contribution in [-0.2, 0) is 17.6 Å². The lowest BCUT2D eigenvalue weighted by Crippen LogP contribution is -2.08. The summed E-state index contributed by atoms with van der Waals surface area (Å²) in [5.74, 6) is 0.768. The fraction of sp³-hybridized carbons (Fsp3) is 0.188. The van der Waals surface area contributed by atoms with E-state index in [9.17, 15) is 4.79 Å². The van der Waals surface area contributed by atoms with E-state index in [1.165, 1.54) is 0 Å². The van der Waals surface area contributed by atoms with Crippen molar-refractivity contribution in [2.24, 2.45) is 0 Å². The van der Waals surface area contributed by atoms with E-state index in [4.69, 9.17) is 27.9 Å². The summed E-state index contributed by atoms with van der Waals surface area (Å²) in [6.07, 6.45) is 0.563. The van der Waals surface area contributed by atoms with Crippen LogP contribution in [0.15, 0.2) is 40.9 Å². The van der Waals surface area contributed by atoms with Gasteiger partial charge in [0.25, 0.3) is 0 Å². The number of rotatable bonds is 5. The molecule has 110 valence electrons. The van der Waals surface area contributed by atoms with Crippen LogP contribution in [0.25, 0.3) is 0 Å². The van der Waals surface area contributed by atoms with E-state index in [0.29, 0.717) is 22.2 Å². The molecule has 0 aliphatic carbocycles. The van der Waals surface area contributed by atoms with Gasteiger partial charge in [-0.3, -0.25) is 4.79 Å². The molecule has 0 atom stereocenters. The quantitative estimate of drug-likeness (QED) is 0.711. The number of Topliss-reactive ketones (excluding diaryl/α,β-unsaturated/α-hetero) is 1. The molecule has 0 saturated carbocycles. The molecular formula is C16H13BrCl2O2. The van der Waals surface area contributed by atoms with E-state index in [2.05, 4.69) is 15.9 Å². The third-order valence-electron chi connectivity index (χ3n) is 3.03. The number of carbonyl (C=O) groups excluding carboxylic acids is 1. The van der Waals surface area contributed by atoms with Crippen molar-refractivity contribution in [3.8, 4) is 5.75 Å². The minimum Gasteiger partial charge on any atom is -0.496 e. The van der Waals surface area contributed by atoms with Crippen molar-refractivity contribution in [3.63, 3.8) is 0 Å². The third kappa shape index (κ3) is 4.47. The van der Waals surface area contributed by atoms with Crippen LogP contribution in [0.5, 0.6) is 5.75 Å². The maximum Gasteiger partial charge on any atom is 0.141 e. The summed E-state index contributed by atoms with van der Waals surface area (Å²) in [7, 11) is 1.59. The third-order valence-corrected chi connectivity index (χ3v) is 4.11. The maximum absolute atomic E-state index is 12.2. The van der Waals surface area contributed by atoms with Crippen LogP contribution in [0.3, 0.4) is 0 Å². The first-order chi connectivity index (χ1) is 9.99. The monoisotopic (exact) mass is 386 g/mol. The largest absolute Gasteiger partial charge is 0.496 e.